The topological polar surface area (TPSA) is 56.7 Å². The lowest BCUT2D eigenvalue weighted by atomic mass is 9.96. The molecule has 0 amide bonds. The molecule has 5 aromatic rings. The van der Waals surface area contributed by atoms with E-state index in [9.17, 15) is 0 Å². The van der Waals surface area contributed by atoms with Gasteiger partial charge >= 0.3 is 0 Å². The van der Waals surface area contributed by atoms with E-state index in [1.54, 1.807) is 6.26 Å². The fourth-order valence-electron chi connectivity index (χ4n) is 4.26. The van der Waals surface area contributed by atoms with Gasteiger partial charge in [-0.15, -0.1) is 0 Å². The summed E-state index contributed by atoms with van der Waals surface area (Å²) >= 11 is 0. The number of aryl methyl sites for hydroxylation is 1. The van der Waals surface area contributed by atoms with Crippen LogP contribution in [-0.2, 0) is 13.0 Å². The molecule has 29 heavy (non-hydrogen) atoms. The Morgan fingerprint density at radius 1 is 0.931 bits per heavy atom. The van der Waals surface area contributed by atoms with Crippen LogP contribution in [-0.4, -0.2) is 19.7 Å². The van der Waals surface area contributed by atoms with Gasteiger partial charge in [-0.2, -0.15) is 5.10 Å². The highest BCUT2D eigenvalue weighted by Crippen LogP contribution is 2.40. The zero-order valence-corrected chi connectivity index (χ0v) is 15.7. The Hall–Kier alpha value is -3.73. The normalized spacial score (nSPS) is 13.1. The summed E-state index contributed by atoms with van der Waals surface area (Å²) in [5.41, 5.74) is 7.44. The first-order valence-corrected chi connectivity index (χ1v) is 9.82. The number of benzene rings is 1. The van der Waals surface area contributed by atoms with Crippen LogP contribution in [0.15, 0.2) is 77.7 Å². The van der Waals surface area contributed by atoms with Crippen LogP contribution in [0.1, 0.15) is 12.1 Å². The smallest absolute Gasteiger partial charge is 0.133 e. The van der Waals surface area contributed by atoms with Crippen molar-refractivity contribution < 1.29 is 4.42 Å². The standard InChI is InChI=1S/C24H18N4O/c1-2-11-25-19(5-1)24-23(21-6-3-13-28(21)27-24)18-10-12-26-20-15-16(8-9-17(18)20)22-7-4-14-29-22/h1-2,4-5,7-12,14-15H,3,6,13H2. The van der Waals surface area contributed by atoms with Crippen LogP contribution < -0.4 is 0 Å². The lowest BCUT2D eigenvalue weighted by Gasteiger charge is -2.09. The van der Waals surface area contributed by atoms with Gasteiger partial charge in [0.1, 0.15) is 11.5 Å². The summed E-state index contributed by atoms with van der Waals surface area (Å²) in [7, 11) is 0. The Morgan fingerprint density at radius 2 is 1.93 bits per heavy atom. The third-order valence-electron chi connectivity index (χ3n) is 5.57. The Kier molecular flexibility index (Phi) is 3.59. The van der Waals surface area contributed by atoms with E-state index < -0.39 is 0 Å². The number of hydrogen-bond acceptors (Lipinski definition) is 4. The molecule has 1 aliphatic heterocycles. The van der Waals surface area contributed by atoms with Gasteiger partial charge in [0.2, 0.25) is 0 Å². The molecule has 1 aromatic carbocycles. The third kappa shape index (κ3) is 2.58. The average Bonchev–Trinajstić information content (AvgIpc) is 3.51. The van der Waals surface area contributed by atoms with Crippen LogP contribution in [0.2, 0.25) is 0 Å². The first-order chi connectivity index (χ1) is 14.4. The molecule has 0 atom stereocenters. The molecule has 5 heterocycles. The van der Waals surface area contributed by atoms with Crippen molar-refractivity contribution >= 4 is 10.9 Å². The van der Waals surface area contributed by atoms with Crippen molar-refractivity contribution in [1.82, 2.24) is 19.7 Å². The summed E-state index contributed by atoms with van der Waals surface area (Å²) in [6.45, 7) is 0.959. The molecule has 140 valence electrons. The molecule has 5 heteroatoms. The van der Waals surface area contributed by atoms with Gasteiger partial charge in [0, 0.05) is 41.1 Å². The molecule has 0 saturated carbocycles. The van der Waals surface area contributed by atoms with Gasteiger partial charge in [0.25, 0.3) is 0 Å². The van der Waals surface area contributed by atoms with E-state index >= 15 is 0 Å². The number of pyridine rings is 2. The second-order valence-corrected chi connectivity index (χ2v) is 7.28. The Morgan fingerprint density at radius 3 is 2.79 bits per heavy atom. The van der Waals surface area contributed by atoms with Crippen LogP contribution in [0.3, 0.4) is 0 Å². The van der Waals surface area contributed by atoms with Gasteiger partial charge in [0.15, 0.2) is 0 Å². The van der Waals surface area contributed by atoms with Crippen molar-refractivity contribution in [3.63, 3.8) is 0 Å². The zero-order chi connectivity index (χ0) is 19.2. The van der Waals surface area contributed by atoms with E-state index in [1.165, 1.54) is 11.3 Å². The minimum atomic E-state index is 0.847. The summed E-state index contributed by atoms with van der Waals surface area (Å²) in [5.74, 6) is 0.847. The molecule has 0 unspecified atom stereocenters. The second kappa shape index (κ2) is 6.41. The van der Waals surface area contributed by atoms with Gasteiger partial charge in [-0.25, -0.2) is 0 Å². The number of fused-ring (bicyclic) bond motifs is 2. The van der Waals surface area contributed by atoms with Crippen molar-refractivity contribution in [2.45, 2.75) is 19.4 Å². The molecule has 1 aliphatic rings. The average molecular weight is 378 g/mol. The fourth-order valence-corrected chi connectivity index (χ4v) is 4.26. The number of rotatable bonds is 3. The summed E-state index contributed by atoms with van der Waals surface area (Å²) in [4.78, 5) is 9.21. The minimum Gasteiger partial charge on any atom is -0.464 e. The highest BCUT2D eigenvalue weighted by molar-refractivity contribution is 5.99. The van der Waals surface area contributed by atoms with Gasteiger partial charge in [0.05, 0.1) is 17.5 Å². The molecule has 4 aromatic heterocycles. The molecule has 6 rings (SSSR count). The largest absolute Gasteiger partial charge is 0.464 e. The van der Waals surface area contributed by atoms with Crippen molar-refractivity contribution in [2.75, 3.05) is 0 Å². The maximum absolute atomic E-state index is 5.56. The number of furan rings is 1. The van der Waals surface area contributed by atoms with E-state index in [-0.39, 0.29) is 0 Å². The van der Waals surface area contributed by atoms with E-state index in [1.807, 2.05) is 42.7 Å². The quantitative estimate of drug-likeness (QED) is 0.424. The number of nitrogens with zero attached hydrogens (tertiary/aromatic N) is 4. The first-order valence-electron chi connectivity index (χ1n) is 9.82. The summed E-state index contributed by atoms with van der Waals surface area (Å²) in [5, 5.41) is 6.03. The molecular formula is C24H18N4O. The zero-order valence-electron chi connectivity index (χ0n) is 15.7. The molecule has 0 radical (unpaired) electrons. The Bertz CT molecular complexity index is 1320. The molecule has 0 spiro atoms. The maximum Gasteiger partial charge on any atom is 0.133 e. The van der Waals surface area contributed by atoms with E-state index in [2.05, 4.69) is 38.9 Å². The maximum atomic E-state index is 5.56. The lowest BCUT2D eigenvalue weighted by Crippen LogP contribution is -1.94. The molecule has 5 nitrogen and oxygen atoms in total. The summed E-state index contributed by atoms with van der Waals surface area (Å²) < 4.78 is 7.70. The lowest BCUT2D eigenvalue weighted by molar-refractivity contribution is 0.582. The van der Waals surface area contributed by atoms with Crippen LogP contribution >= 0.6 is 0 Å². The predicted molar refractivity (Wildman–Crippen MR) is 112 cm³/mol. The third-order valence-corrected chi connectivity index (χ3v) is 5.57. The molecular weight excluding hydrogens is 360 g/mol. The van der Waals surface area contributed by atoms with Crippen LogP contribution in [0.5, 0.6) is 0 Å². The Labute approximate surface area is 167 Å². The minimum absolute atomic E-state index is 0.847. The van der Waals surface area contributed by atoms with Crippen LogP contribution in [0.25, 0.3) is 44.7 Å². The van der Waals surface area contributed by atoms with Crippen molar-refractivity contribution in [3.8, 4) is 33.8 Å². The first kappa shape index (κ1) is 16.2. The number of hydrogen-bond donors (Lipinski definition) is 0. The predicted octanol–water partition coefficient (Wildman–Crippen LogP) is 5.37. The van der Waals surface area contributed by atoms with Gasteiger partial charge in [-0.3, -0.25) is 14.6 Å². The molecule has 0 bridgehead atoms. The number of aromatic nitrogens is 4. The highest BCUT2D eigenvalue weighted by Gasteiger charge is 2.25. The highest BCUT2D eigenvalue weighted by atomic mass is 16.3. The Balaban J connectivity index is 1.59. The van der Waals surface area contributed by atoms with Crippen molar-refractivity contribution in [1.29, 1.82) is 0 Å². The second-order valence-electron chi connectivity index (χ2n) is 7.28. The summed E-state index contributed by atoms with van der Waals surface area (Å²) in [6, 6.07) is 18.3. The van der Waals surface area contributed by atoms with E-state index in [4.69, 9.17) is 9.52 Å². The molecule has 0 saturated heterocycles. The van der Waals surface area contributed by atoms with Crippen molar-refractivity contribution in [3.05, 3.63) is 78.9 Å². The van der Waals surface area contributed by atoms with Crippen LogP contribution in [0.4, 0.5) is 0 Å². The fraction of sp³-hybridized carbons (Fsp3) is 0.125. The SMILES string of the molecule is c1ccc(-c2nn3c(c2-c2ccnc4cc(-c5ccco5)ccc24)CCC3)nc1. The molecule has 0 fully saturated rings. The van der Waals surface area contributed by atoms with Crippen LogP contribution in [0, 0.1) is 0 Å². The van der Waals surface area contributed by atoms with E-state index in [0.717, 1.165) is 58.6 Å². The monoisotopic (exact) mass is 378 g/mol. The van der Waals surface area contributed by atoms with Crippen molar-refractivity contribution in [2.24, 2.45) is 0 Å². The van der Waals surface area contributed by atoms with Gasteiger partial charge in [-0.05, 0) is 54.8 Å². The summed E-state index contributed by atoms with van der Waals surface area (Å²) in [6.07, 6.45) is 7.56. The van der Waals surface area contributed by atoms with E-state index in [0.29, 0.717) is 0 Å². The molecule has 0 aliphatic carbocycles. The molecule has 0 N–H and O–H groups in total. The van der Waals surface area contributed by atoms with Gasteiger partial charge < -0.3 is 4.42 Å². The van der Waals surface area contributed by atoms with Gasteiger partial charge in [-0.1, -0.05) is 18.2 Å².